The van der Waals surface area contributed by atoms with Crippen LogP contribution in [-0.2, 0) is 15.0 Å². The zero-order valence-corrected chi connectivity index (χ0v) is 12.8. The molecule has 1 aliphatic heterocycles. The number of nitrogens with one attached hydrogen (secondary N) is 1. The van der Waals surface area contributed by atoms with Gasteiger partial charge < -0.3 is 5.73 Å². The average molecular weight is 311 g/mol. The molecule has 1 heterocycles. The molecule has 1 aromatic carbocycles. The van der Waals surface area contributed by atoms with Crippen LogP contribution >= 0.6 is 0 Å². The molecule has 7 heteroatoms. The van der Waals surface area contributed by atoms with Gasteiger partial charge in [0, 0.05) is 13.1 Å². The van der Waals surface area contributed by atoms with Gasteiger partial charge in [-0.1, -0.05) is 37.3 Å². The highest BCUT2D eigenvalue weighted by atomic mass is 32.2. The molecule has 6 nitrogen and oxygen atoms in total. The van der Waals surface area contributed by atoms with Crippen LogP contribution in [0.5, 0.6) is 0 Å². The molecule has 0 saturated carbocycles. The maximum atomic E-state index is 12.4. The topological polar surface area (TPSA) is 92.5 Å². The van der Waals surface area contributed by atoms with E-state index in [1.165, 1.54) is 4.31 Å². The fourth-order valence-electron chi connectivity index (χ4n) is 2.38. The second-order valence-corrected chi connectivity index (χ2v) is 7.15. The van der Waals surface area contributed by atoms with Gasteiger partial charge in [-0.25, -0.2) is 0 Å². The van der Waals surface area contributed by atoms with Gasteiger partial charge >= 0.3 is 0 Å². The van der Waals surface area contributed by atoms with E-state index in [0.717, 1.165) is 12.8 Å². The van der Waals surface area contributed by atoms with E-state index >= 15 is 0 Å². The molecule has 0 unspecified atom stereocenters. The number of rotatable bonds is 5. The number of hydrogen-bond donors (Lipinski definition) is 2. The maximum absolute atomic E-state index is 12.4. The number of carbonyl (C=O) groups excluding carboxylic acids is 1. The molecule has 1 aliphatic rings. The Hall–Kier alpha value is -1.44. The third-order valence-electron chi connectivity index (χ3n) is 3.77. The summed E-state index contributed by atoms with van der Waals surface area (Å²) < 4.78 is 28.6. The second kappa shape index (κ2) is 6.55. The molecule has 0 spiro atoms. The lowest BCUT2D eigenvalue weighted by molar-refractivity contribution is -0.119. The molecule has 116 valence electrons. The maximum Gasteiger partial charge on any atom is 0.280 e. The number of benzene rings is 1. The number of hydrogen-bond acceptors (Lipinski definition) is 3. The second-order valence-electron chi connectivity index (χ2n) is 5.45. The molecule has 1 saturated heterocycles. The fraction of sp³-hybridized carbons (Fsp3) is 0.500. The van der Waals surface area contributed by atoms with Gasteiger partial charge in [-0.2, -0.15) is 17.4 Å². The number of primary amides is 1. The summed E-state index contributed by atoms with van der Waals surface area (Å²) in [6, 6.07) is 7.58. The van der Waals surface area contributed by atoms with E-state index in [4.69, 9.17) is 5.73 Å². The van der Waals surface area contributed by atoms with Crippen molar-refractivity contribution >= 4 is 16.1 Å². The van der Waals surface area contributed by atoms with Crippen LogP contribution in [0.2, 0.25) is 0 Å². The Bertz CT molecular complexity index is 581. The zero-order valence-electron chi connectivity index (χ0n) is 12.0. The Labute approximate surface area is 125 Å². The Morgan fingerprint density at radius 2 is 1.86 bits per heavy atom. The van der Waals surface area contributed by atoms with Crippen molar-refractivity contribution in [2.45, 2.75) is 25.8 Å². The summed E-state index contributed by atoms with van der Waals surface area (Å²) in [4.78, 5) is 11.6. The van der Waals surface area contributed by atoms with Crippen molar-refractivity contribution in [1.29, 1.82) is 0 Å². The van der Waals surface area contributed by atoms with E-state index in [0.29, 0.717) is 24.6 Å². The van der Waals surface area contributed by atoms with E-state index in [1.807, 2.05) is 0 Å². The lowest BCUT2D eigenvalue weighted by Gasteiger charge is -2.30. The number of nitrogens with two attached hydrogens (primary N) is 1. The largest absolute Gasteiger partial charge is 0.368 e. The minimum absolute atomic E-state index is 0.469. The van der Waals surface area contributed by atoms with Gasteiger partial charge in [0.25, 0.3) is 10.2 Å². The van der Waals surface area contributed by atoms with Crippen molar-refractivity contribution in [1.82, 2.24) is 9.03 Å². The first kappa shape index (κ1) is 15.9. The summed E-state index contributed by atoms with van der Waals surface area (Å²) in [5.41, 5.74) is 5.88. The summed E-state index contributed by atoms with van der Waals surface area (Å²) in [5, 5.41) is 0. The lowest BCUT2D eigenvalue weighted by Crippen LogP contribution is -2.48. The van der Waals surface area contributed by atoms with Gasteiger partial charge in [0.05, 0.1) is 0 Å². The van der Waals surface area contributed by atoms with Crippen LogP contribution in [0.4, 0.5) is 0 Å². The molecule has 0 aromatic heterocycles. The number of amides is 1. The van der Waals surface area contributed by atoms with Crippen LogP contribution in [0.25, 0.3) is 0 Å². The predicted octanol–water partition coefficient (Wildman–Crippen LogP) is 0.779. The number of nitrogens with zero attached hydrogens (tertiary/aromatic N) is 1. The van der Waals surface area contributed by atoms with Gasteiger partial charge in [-0.3, -0.25) is 4.79 Å². The predicted molar refractivity (Wildman–Crippen MR) is 80.4 cm³/mol. The fourth-order valence-corrected chi connectivity index (χ4v) is 3.78. The monoisotopic (exact) mass is 311 g/mol. The molecule has 2 rings (SSSR count). The van der Waals surface area contributed by atoms with Crippen molar-refractivity contribution in [2.24, 2.45) is 11.7 Å². The molecular formula is C14H21N3O3S. The van der Waals surface area contributed by atoms with Crippen molar-refractivity contribution < 1.29 is 13.2 Å². The van der Waals surface area contributed by atoms with Gasteiger partial charge in [-0.15, -0.1) is 0 Å². The van der Waals surface area contributed by atoms with Crippen LogP contribution < -0.4 is 10.5 Å². The standard InChI is InChI=1S/C14H21N3O3S/c1-11-7-9-17(10-8-11)21(19,20)16-13(14(15)18)12-5-3-2-4-6-12/h2-6,11,13,16H,7-10H2,1H3,(H2,15,18)/t13-/m1/s1. The molecule has 0 radical (unpaired) electrons. The third kappa shape index (κ3) is 4.03. The Balaban J connectivity index is 2.15. The van der Waals surface area contributed by atoms with E-state index in [2.05, 4.69) is 11.6 Å². The molecule has 0 aliphatic carbocycles. The summed E-state index contributed by atoms with van der Waals surface area (Å²) in [6.07, 6.45) is 1.65. The molecule has 1 atom stereocenters. The first-order valence-corrected chi connectivity index (χ1v) is 8.46. The van der Waals surface area contributed by atoms with Crippen LogP contribution in [-0.4, -0.2) is 31.7 Å². The summed E-state index contributed by atoms with van der Waals surface area (Å²) in [6.45, 7) is 3.04. The lowest BCUT2D eigenvalue weighted by atomic mass is 10.0. The van der Waals surface area contributed by atoms with E-state index in [-0.39, 0.29) is 0 Å². The highest BCUT2D eigenvalue weighted by Crippen LogP contribution is 2.20. The molecule has 3 N–H and O–H groups in total. The highest BCUT2D eigenvalue weighted by Gasteiger charge is 2.31. The van der Waals surface area contributed by atoms with Crippen LogP contribution in [0.1, 0.15) is 31.4 Å². The van der Waals surface area contributed by atoms with Crippen molar-refractivity contribution in [3.05, 3.63) is 35.9 Å². The summed E-state index contributed by atoms with van der Waals surface area (Å²) in [7, 11) is -3.72. The molecule has 1 amide bonds. The molecule has 1 fully saturated rings. The van der Waals surface area contributed by atoms with Gasteiger partial charge in [-0.05, 0) is 24.3 Å². The summed E-state index contributed by atoms with van der Waals surface area (Å²) >= 11 is 0. The Morgan fingerprint density at radius 1 is 1.29 bits per heavy atom. The quantitative estimate of drug-likeness (QED) is 0.841. The molecule has 1 aromatic rings. The molecule has 21 heavy (non-hydrogen) atoms. The van der Waals surface area contributed by atoms with E-state index in [1.54, 1.807) is 30.3 Å². The van der Waals surface area contributed by atoms with Gasteiger partial charge in [0.2, 0.25) is 5.91 Å². The van der Waals surface area contributed by atoms with Gasteiger partial charge in [0.1, 0.15) is 6.04 Å². The van der Waals surface area contributed by atoms with E-state index in [9.17, 15) is 13.2 Å². The average Bonchev–Trinajstić information content (AvgIpc) is 2.46. The van der Waals surface area contributed by atoms with Crippen molar-refractivity contribution in [3.8, 4) is 0 Å². The minimum atomic E-state index is -3.72. The van der Waals surface area contributed by atoms with E-state index < -0.39 is 22.2 Å². The Kier molecular flexibility index (Phi) is 4.97. The third-order valence-corrected chi connectivity index (χ3v) is 5.35. The van der Waals surface area contributed by atoms with Crippen molar-refractivity contribution in [2.75, 3.05) is 13.1 Å². The summed E-state index contributed by atoms with van der Waals surface area (Å²) in [5.74, 6) is -0.187. The normalized spacial score (nSPS) is 19.3. The SMILES string of the molecule is CC1CCN(S(=O)(=O)N[C@@H](C(N)=O)c2ccccc2)CC1. The Morgan fingerprint density at radius 3 is 2.38 bits per heavy atom. The van der Waals surface area contributed by atoms with Crippen LogP contribution in [0, 0.1) is 5.92 Å². The zero-order chi connectivity index (χ0) is 15.5. The molecular weight excluding hydrogens is 290 g/mol. The minimum Gasteiger partial charge on any atom is -0.368 e. The first-order chi connectivity index (χ1) is 9.90. The van der Waals surface area contributed by atoms with Crippen LogP contribution in [0.3, 0.4) is 0 Å². The number of carbonyl (C=O) groups is 1. The van der Waals surface area contributed by atoms with Crippen molar-refractivity contribution in [3.63, 3.8) is 0 Å². The highest BCUT2D eigenvalue weighted by molar-refractivity contribution is 7.87. The first-order valence-electron chi connectivity index (χ1n) is 7.02. The van der Waals surface area contributed by atoms with Gasteiger partial charge in [0.15, 0.2) is 0 Å². The molecule has 0 bridgehead atoms. The number of piperidine rings is 1. The van der Waals surface area contributed by atoms with Crippen LogP contribution in [0.15, 0.2) is 30.3 Å². The smallest absolute Gasteiger partial charge is 0.280 e.